The average Bonchev–Trinajstić information content (AvgIpc) is 3.57. The molecule has 2 aliphatic rings. The predicted molar refractivity (Wildman–Crippen MR) is 129 cm³/mol. The topological polar surface area (TPSA) is 94.6 Å². The number of nitriles is 1. The second kappa shape index (κ2) is 9.57. The predicted octanol–water partition coefficient (Wildman–Crippen LogP) is 3.47. The maximum atomic E-state index is 12.5. The molecule has 1 aliphatic carbocycles. The summed E-state index contributed by atoms with van der Waals surface area (Å²) in [5.41, 5.74) is 4.54. The number of nitrogens with zero attached hydrogens (tertiary/aromatic N) is 4. The number of furan rings is 1. The molecule has 0 bridgehead atoms. The first-order valence-electron chi connectivity index (χ1n) is 11.6. The van der Waals surface area contributed by atoms with Crippen LogP contribution in [0.25, 0.3) is 11.5 Å². The van der Waals surface area contributed by atoms with E-state index in [9.17, 15) is 10.1 Å². The van der Waals surface area contributed by atoms with Crippen molar-refractivity contribution in [3.8, 4) is 23.3 Å². The summed E-state index contributed by atoms with van der Waals surface area (Å²) < 4.78 is 10.8. The highest BCUT2D eigenvalue weighted by Gasteiger charge is 2.29. The van der Waals surface area contributed by atoms with E-state index in [1.165, 1.54) is 0 Å². The van der Waals surface area contributed by atoms with Crippen LogP contribution in [0.3, 0.4) is 0 Å². The van der Waals surface area contributed by atoms with Crippen LogP contribution in [0.1, 0.15) is 23.1 Å². The van der Waals surface area contributed by atoms with Gasteiger partial charge in [0.05, 0.1) is 25.5 Å². The van der Waals surface area contributed by atoms with Crippen LogP contribution in [0, 0.1) is 11.3 Å². The van der Waals surface area contributed by atoms with Gasteiger partial charge in [-0.15, -0.1) is 0 Å². The van der Waals surface area contributed by atoms with Gasteiger partial charge in [0.25, 0.3) is 0 Å². The molecule has 8 nitrogen and oxygen atoms in total. The third-order valence-electron chi connectivity index (χ3n) is 6.53. The third-order valence-corrected chi connectivity index (χ3v) is 6.53. The SMILES string of the molecule is COc1ccc(NC(=O)CN2CCN(c3nc(-c4ccco4)c4c(c3C#N)CCC4)CC2)cc1. The van der Waals surface area contributed by atoms with Gasteiger partial charge in [-0.05, 0) is 66.8 Å². The van der Waals surface area contributed by atoms with Gasteiger partial charge >= 0.3 is 0 Å². The summed E-state index contributed by atoms with van der Waals surface area (Å²) in [4.78, 5) is 21.8. The molecule has 1 amide bonds. The number of fused-ring (bicyclic) bond motifs is 1. The number of benzene rings is 1. The van der Waals surface area contributed by atoms with Gasteiger partial charge in [-0.25, -0.2) is 4.98 Å². The smallest absolute Gasteiger partial charge is 0.238 e. The van der Waals surface area contributed by atoms with E-state index in [1.54, 1.807) is 13.4 Å². The molecule has 0 atom stereocenters. The first kappa shape index (κ1) is 22.0. The van der Waals surface area contributed by atoms with Crippen molar-refractivity contribution in [3.05, 3.63) is 59.4 Å². The lowest BCUT2D eigenvalue weighted by Gasteiger charge is -2.35. The van der Waals surface area contributed by atoms with Crippen LogP contribution in [0.4, 0.5) is 11.5 Å². The second-order valence-corrected chi connectivity index (χ2v) is 8.60. The first-order chi connectivity index (χ1) is 16.7. The van der Waals surface area contributed by atoms with E-state index >= 15 is 0 Å². The van der Waals surface area contributed by atoms with Gasteiger partial charge in [-0.1, -0.05) is 0 Å². The minimum absolute atomic E-state index is 0.0490. The number of methoxy groups -OCH3 is 1. The number of pyridine rings is 1. The maximum absolute atomic E-state index is 12.5. The normalized spacial score (nSPS) is 15.6. The Morgan fingerprint density at radius 1 is 1.15 bits per heavy atom. The molecular weight excluding hydrogens is 430 g/mol. The number of anilines is 2. The van der Waals surface area contributed by atoms with E-state index < -0.39 is 0 Å². The summed E-state index contributed by atoms with van der Waals surface area (Å²) >= 11 is 0. The lowest BCUT2D eigenvalue weighted by molar-refractivity contribution is -0.117. The van der Waals surface area contributed by atoms with E-state index in [1.807, 2.05) is 36.4 Å². The van der Waals surface area contributed by atoms with Crippen LogP contribution in [0.15, 0.2) is 47.1 Å². The molecule has 0 saturated carbocycles. The maximum Gasteiger partial charge on any atom is 0.238 e. The van der Waals surface area contributed by atoms with Crippen LogP contribution in [-0.4, -0.2) is 55.6 Å². The molecule has 0 unspecified atom stereocenters. The van der Waals surface area contributed by atoms with Crippen molar-refractivity contribution in [1.29, 1.82) is 5.26 Å². The summed E-state index contributed by atoms with van der Waals surface area (Å²) in [6, 6.07) is 13.5. The molecule has 0 radical (unpaired) electrons. The van der Waals surface area contributed by atoms with Crippen LogP contribution in [0.5, 0.6) is 5.75 Å². The number of rotatable bonds is 6. The largest absolute Gasteiger partial charge is 0.497 e. The Labute approximate surface area is 198 Å². The quantitative estimate of drug-likeness (QED) is 0.606. The number of hydrogen-bond donors (Lipinski definition) is 1. The summed E-state index contributed by atoms with van der Waals surface area (Å²) in [5.74, 6) is 2.18. The number of ether oxygens (including phenoxy) is 1. The van der Waals surface area contributed by atoms with Crippen LogP contribution in [0.2, 0.25) is 0 Å². The monoisotopic (exact) mass is 457 g/mol. The van der Waals surface area contributed by atoms with E-state index in [0.29, 0.717) is 25.2 Å². The van der Waals surface area contributed by atoms with Crippen molar-refractivity contribution in [2.75, 3.05) is 50.1 Å². The molecule has 3 aromatic rings. The molecule has 174 valence electrons. The van der Waals surface area contributed by atoms with Gasteiger partial charge in [0, 0.05) is 31.9 Å². The van der Waals surface area contributed by atoms with E-state index in [-0.39, 0.29) is 5.91 Å². The van der Waals surface area contributed by atoms with Gasteiger partial charge in [-0.2, -0.15) is 5.26 Å². The third kappa shape index (κ3) is 4.35. The van der Waals surface area contributed by atoms with Crippen LogP contribution < -0.4 is 15.0 Å². The summed E-state index contributed by atoms with van der Waals surface area (Å²) in [7, 11) is 1.61. The fraction of sp³-hybridized carbons (Fsp3) is 0.346. The molecule has 5 rings (SSSR count). The molecule has 1 N–H and O–H groups in total. The number of piperazine rings is 1. The molecule has 3 heterocycles. The minimum Gasteiger partial charge on any atom is -0.497 e. The van der Waals surface area contributed by atoms with Crippen LogP contribution in [-0.2, 0) is 17.6 Å². The van der Waals surface area contributed by atoms with Gasteiger partial charge in [0.15, 0.2) is 5.76 Å². The average molecular weight is 458 g/mol. The van der Waals surface area contributed by atoms with Crippen molar-refractivity contribution in [3.63, 3.8) is 0 Å². The fourth-order valence-corrected chi connectivity index (χ4v) is 4.80. The summed E-state index contributed by atoms with van der Waals surface area (Å²) in [6.07, 6.45) is 4.50. The number of hydrogen-bond acceptors (Lipinski definition) is 7. The van der Waals surface area contributed by atoms with Crippen molar-refractivity contribution in [2.24, 2.45) is 0 Å². The zero-order valence-corrected chi connectivity index (χ0v) is 19.2. The fourth-order valence-electron chi connectivity index (χ4n) is 4.80. The lowest BCUT2D eigenvalue weighted by Crippen LogP contribution is -2.49. The van der Waals surface area contributed by atoms with E-state index in [0.717, 1.165) is 72.2 Å². The highest BCUT2D eigenvalue weighted by molar-refractivity contribution is 5.92. The minimum atomic E-state index is -0.0490. The molecule has 1 aromatic carbocycles. The molecular formula is C26H27N5O3. The van der Waals surface area contributed by atoms with E-state index in [2.05, 4.69) is 21.2 Å². The molecule has 8 heteroatoms. The molecule has 1 aliphatic heterocycles. The molecule has 0 spiro atoms. The number of amides is 1. The van der Waals surface area contributed by atoms with Crippen molar-refractivity contribution < 1.29 is 13.9 Å². The Morgan fingerprint density at radius 3 is 2.59 bits per heavy atom. The van der Waals surface area contributed by atoms with Gasteiger partial charge in [0.2, 0.25) is 5.91 Å². The van der Waals surface area contributed by atoms with Gasteiger partial charge < -0.3 is 19.4 Å². The summed E-state index contributed by atoms with van der Waals surface area (Å²) in [5, 5.41) is 12.9. The number of nitrogens with one attached hydrogen (secondary N) is 1. The highest BCUT2D eigenvalue weighted by atomic mass is 16.5. The second-order valence-electron chi connectivity index (χ2n) is 8.60. The lowest BCUT2D eigenvalue weighted by atomic mass is 10.0. The van der Waals surface area contributed by atoms with Crippen molar-refractivity contribution >= 4 is 17.4 Å². The first-order valence-corrected chi connectivity index (χ1v) is 11.6. The van der Waals surface area contributed by atoms with Gasteiger partial charge in [-0.3, -0.25) is 9.69 Å². The van der Waals surface area contributed by atoms with Crippen molar-refractivity contribution in [2.45, 2.75) is 19.3 Å². The zero-order chi connectivity index (χ0) is 23.5. The Bertz CT molecular complexity index is 1210. The molecule has 1 saturated heterocycles. The Morgan fingerprint density at radius 2 is 1.91 bits per heavy atom. The summed E-state index contributed by atoms with van der Waals surface area (Å²) in [6.45, 7) is 3.16. The van der Waals surface area contributed by atoms with Gasteiger partial charge in [0.1, 0.15) is 23.3 Å². The molecule has 34 heavy (non-hydrogen) atoms. The number of aromatic nitrogens is 1. The zero-order valence-electron chi connectivity index (χ0n) is 19.2. The van der Waals surface area contributed by atoms with E-state index in [4.69, 9.17) is 14.1 Å². The molecule has 2 aromatic heterocycles. The van der Waals surface area contributed by atoms with Crippen LogP contribution >= 0.6 is 0 Å². The Balaban J connectivity index is 1.27. The standard InChI is InChI=1S/C26H27N5O3/c1-33-19-9-7-18(8-10-19)28-24(32)17-30-11-13-31(14-12-30)26-22(16-27)20-4-2-5-21(20)25(29-26)23-6-3-15-34-23/h3,6-10,15H,2,4-5,11-14,17H2,1H3,(H,28,32). The number of carbonyl (C=O) groups is 1. The Kier molecular flexibility index (Phi) is 6.19. The Hall–Kier alpha value is -3.83. The van der Waals surface area contributed by atoms with Crippen molar-refractivity contribution in [1.82, 2.24) is 9.88 Å². The highest BCUT2D eigenvalue weighted by Crippen LogP contribution is 2.37. The molecule has 1 fully saturated rings. The number of carbonyl (C=O) groups excluding carboxylic acids is 1.